The number of aldehydes is 1. The molecule has 0 spiro atoms. The molecule has 140 valence electrons. The molecule has 1 rings (SSSR count). The van der Waals surface area contributed by atoms with E-state index >= 15 is 0 Å². The molecule has 0 unspecified atom stereocenters. The van der Waals surface area contributed by atoms with E-state index in [0.29, 0.717) is 12.2 Å². The Morgan fingerprint density at radius 2 is 1.80 bits per heavy atom. The third-order valence-electron chi connectivity index (χ3n) is 5.32. The van der Waals surface area contributed by atoms with E-state index in [-0.39, 0.29) is 22.1 Å². The average Bonchev–Trinajstić information content (AvgIpc) is 2.54. The Bertz CT molecular complexity index is 668. The largest absolute Gasteiger partial charge is 0.543 e. The van der Waals surface area contributed by atoms with Crippen LogP contribution in [0.5, 0.6) is 11.5 Å². The fourth-order valence-electron chi connectivity index (χ4n) is 2.38. The fraction of sp³-hybridized carbons (Fsp3) is 0.556. The molecule has 0 aliphatic heterocycles. The van der Waals surface area contributed by atoms with Gasteiger partial charge in [0, 0.05) is 6.07 Å². The molecule has 0 amide bonds. The normalized spacial score (nSPS) is 12.1. The molecule has 1 aromatic carbocycles. The van der Waals surface area contributed by atoms with E-state index in [1.807, 2.05) is 13.1 Å². The number of halogens is 1. The van der Waals surface area contributed by atoms with Crippen molar-refractivity contribution in [2.45, 2.75) is 45.8 Å². The van der Waals surface area contributed by atoms with Crippen LogP contribution in [-0.2, 0) is 4.74 Å². The number of methoxy groups -OCH3 is 2. The van der Waals surface area contributed by atoms with Crippen LogP contribution in [0, 0.1) is 11.7 Å². The van der Waals surface area contributed by atoms with Gasteiger partial charge in [-0.3, -0.25) is 4.79 Å². The van der Waals surface area contributed by atoms with Crippen LogP contribution in [0.15, 0.2) is 6.07 Å². The molecule has 5 nitrogen and oxygen atoms in total. The molecule has 0 bridgehead atoms. The van der Waals surface area contributed by atoms with Gasteiger partial charge < -0.3 is 13.9 Å². The summed E-state index contributed by atoms with van der Waals surface area (Å²) in [5, 5.41) is -0.139. The van der Waals surface area contributed by atoms with Gasteiger partial charge in [0.05, 0.1) is 19.8 Å². The Labute approximate surface area is 149 Å². The van der Waals surface area contributed by atoms with Crippen molar-refractivity contribution < 1.29 is 27.9 Å². The van der Waals surface area contributed by atoms with Gasteiger partial charge >= 0.3 is 5.97 Å². The molecule has 7 heteroatoms. The van der Waals surface area contributed by atoms with Gasteiger partial charge in [0.2, 0.25) is 0 Å². The summed E-state index contributed by atoms with van der Waals surface area (Å²) in [6.07, 6.45) is 0.414. The maximum absolute atomic E-state index is 14.5. The van der Waals surface area contributed by atoms with E-state index in [4.69, 9.17) is 9.16 Å². The highest BCUT2D eigenvalue weighted by molar-refractivity contribution is 6.75. The molecule has 0 saturated heterocycles. The first-order valence-electron chi connectivity index (χ1n) is 8.07. The van der Waals surface area contributed by atoms with Gasteiger partial charge in [-0.25, -0.2) is 9.18 Å². The number of carbonyl (C=O) groups excluding carboxylic acids is 2. The van der Waals surface area contributed by atoms with E-state index in [2.05, 4.69) is 32.4 Å². The standard InChI is InChI=1S/C18H27FO5Si/c1-11(2)18(3,4)25(7,8)24-13-9-14(22-5)16(19)15(12(13)10-20)17(21)23-6/h9-11H,1-8H3. The second-order valence-corrected chi connectivity index (χ2v) is 11.8. The Balaban J connectivity index is 3.60. The highest BCUT2D eigenvalue weighted by Crippen LogP contribution is 2.46. The number of hydrogen-bond acceptors (Lipinski definition) is 5. The van der Waals surface area contributed by atoms with Gasteiger partial charge in [-0.1, -0.05) is 27.7 Å². The predicted octanol–water partition coefficient (Wildman–Crippen LogP) is 4.45. The van der Waals surface area contributed by atoms with Crippen molar-refractivity contribution in [2.24, 2.45) is 5.92 Å². The van der Waals surface area contributed by atoms with Crippen molar-refractivity contribution >= 4 is 20.6 Å². The number of rotatable bonds is 7. The minimum atomic E-state index is -2.39. The van der Waals surface area contributed by atoms with Crippen LogP contribution in [-0.4, -0.2) is 34.8 Å². The lowest BCUT2D eigenvalue weighted by molar-refractivity contribution is 0.0591. The Kier molecular flexibility index (Phi) is 6.39. The summed E-state index contributed by atoms with van der Waals surface area (Å²) in [7, 11) is 0.0117. The molecule has 0 aliphatic carbocycles. The SMILES string of the molecule is COC(=O)c1c(F)c(OC)cc(O[Si](C)(C)C(C)(C)C(C)C)c1C=O. The van der Waals surface area contributed by atoms with E-state index in [0.717, 1.165) is 7.11 Å². The first-order chi connectivity index (χ1) is 11.4. The third kappa shape index (κ3) is 3.86. The van der Waals surface area contributed by atoms with Crippen molar-refractivity contribution in [3.8, 4) is 11.5 Å². The van der Waals surface area contributed by atoms with Gasteiger partial charge in [-0.15, -0.1) is 0 Å². The molecule has 0 atom stereocenters. The zero-order valence-corrected chi connectivity index (χ0v) is 17.2. The molecule has 0 fully saturated rings. The lowest BCUT2D eigenvalue weighted by Crippen LogP contribution is -2.48. The molecule has 0 aromatic heterocycles. The average molecular weight is 370 g/mol. The van der Waals surface area contributed by atoms with Crippen molar-refractivity contribution in [1.82, 2.24) is 0 Å². The highest BCUT2D eigenvalue weighted by Gasteiger charge is 2.45. The second-order valence-electron chi connectivity index (χ2n) is 7.28. The first kappa shape index (κ1) is 21.2. The number of benzene rings is 1. The van der Waals surface area contributed by atoms with E-state index in [9.17, 15) is 14.0 Å². The van der Waals surface area contributed by atoms with Gasteiger partial charge in [-0.2, -0.15) is 0 Å². The smallest absolute Gasteiger partial charge is 0.341 e. The quantitative estimate of drug-likeness (QED) is 0.403. The Morgan fingerprint density at radius 1 is 1.24 bits per heavy atom. The van der Waals surface area contributed by atoms with E-state index in [1.165, 1.54) is 13.2 Å². The topological polar surface area (TPSA) is 61.8 Å². The minimum absolute atomic E-state index is 0.138. The molecule has 1 aromatic rings. The molecule has 0 heterocycles. The number of hydrogen-bond donors (Lipinski definition) is 0. The van der Waals surface area contributed by atoms with Gasteiger partial charge in [0.1, 0.15) is 11.3 Å². The summed E-state index contributed by atoms with van der Waals surface area (Å²) in [4.78, 5) is 23.6. The Morgan fingerprint density at radius 3 is 2.20 bits per heavy atom. The second kappa shape index (κ2) is 7.55. The van der Waals surface area contributed by atoms with Crippen molar-refractivity contribution in [1.29, 1.82) is 0 Å². The molecule has 0 N–H and O–H groups in total. The molecule has 0 saturated carbocycles. The summed E-state index contributed by atoms with van der Waals surface area (Å²) in [6, 6.07) is 1.32. The summed E-state index contributed by atoms with van der Waals surface area (Å²) in [6.45, 7) is 12.5. The zero-order chi connectivity index (χ0) is 19.6. The number of carbonyl (C=O) groups is 2. The molecular weight excluding hydrogens is 343 g/mol. The summed E-state index contributed by atoms with van der Waals surface area (Å²) in [5.74, 6) is -1.60. The lowest BCUT2D eigenvalue weighted by Gasteiger charge is -2.42. The van der Waals surface area contributed by atoms with Crippen molar-refractivity contribution in [3.05, 3.63) is 23.0 Å². The highest BCUT2D eigenvalue weighted by atomic mass is 28.4. The summed E-state index contributed by atoms with van der Waals surface area (Å²) < 4.78 is 30.4. The number of esters is 1. The minimum Gasteiger partial charge on any atom is -0.543 e. The summed E-state index contributed by atoms with van der Waals surface area (Å²) in [5.41, 5.74) is -0.635. The van der Waals surface area contributed by atoms with Gasteiger partial charge in [-0.05, 0) is 24.1 Å². The van der Waals surface area contributed by atoms with Crippen molar-refractivity contribution in [2.75, 3.05) is 14.2 Å². The fourth-order valence-corrected chi connectivity index (χ4v) is 4.75. The van der Waals surface area contributed by atoms with Crippen LogP contribution in [0.25, 0.3) is 0 Å². The van der Waals surface area contributed by atoms with Gasteiger partial charge in [0.15, 0.2) is 17.9 Å². The lowest BCUT2D eigenvalue weighted by atomic mass is 9.99. The van der Waals surface area contributed by atoms with Crippen LogP contribution < -0.4 is 9.16 Å². The third-order valence-corrected chi connectivity index (χ3v) is 9.73. The van der Waals surface area contributed by atoms with Crippen molar-refractivity contribution in [3.63, 3.8) is 0 Å². The molecule has 25 heavy (non-hydrogen) atoms. The van der Waals surface area contributed by atoms with E-state index in [1.54, 1.807) is 0 Å². The van der Waals surface area contributed by atoms with Crippen LogP contribution in [0.3, 0.4) is 0 Å². The van der Waals surface area contributed by atoms with Crippen LogP contribution in [0.2, 0.25) is 18.1 Å². The van der Waals surface area contributed by atoms with Crippen LogP contribution in [0.1, 0.15) is 48.4 Å². The Hall–Kier alpha value is -1.89. The van der Waals surface area contributed by atoms with E-state index < -0.39 is 25.7 Å². The molecule has 0 radical (unpaired) electrons. The summed E-state index contributed by atoms with van der Waals surface area (Å²) >= 11 is 0. The maximum Gasteiger partial charge on any atom is 0.341 e. The zero-order valence-electron chi connectivity index (χ0n) is 16.2. The monoisotopic (exact) mass is 370 g/mol. The van der Waals surface area contributed by atoms with Gasteiger partial charge in [0.25, 0.3) is 8.32 Å². The van der Waals surface area contributed by atoms with Crippen LogP contribution in [0.4, 0.5) is 4.39 Å². The number of ether oxygens (including phenoxy) is 2. The van der Waals surface area contributed by atoms with Crippen LogP contribution >= 0.6 is 0 Å². The molecular formula is C18H27FO5Si. The predicted molar refractivity (Wildman–Crippen MR) is 96.7 cm³/mol. The first-order valence-corrected chi connectivity index (χ1v) is 11.0. The maximum atomic E-state index is 14.5. The molecule has 0 aliphatic rings.